The van der Waals surface area contributed by atoms with Crippen LogP contribution >= 0.6 is 38.9 Å². The van der Waals surface area contributed by atoms with E-state index in [4.69, 9.17) is 11.6 Å². The van der Waals surface area contributed by atoms with Crippen molar-refractivity contribution in [1.29, 1.82) is 0 Å². The van der Waals surface area contributed by atoms with Gasteiger partial charge in [-0.25, -0.2) is 4.39 Å². The summed E-state index contributed by atoms with van der Waals surface area (Å²) in [6, 6.07) is 11.4. The Morgan fingerprint density at radius 2 is 2.00 bits per heavy atom. The number of anilines is 1. The Morgan fingerprint density at radius 3 is 2.76 bits per heavy atom. The molecule has 0 fully saturated rings. The first-order valence-electron chi connectivity index (χ1n) is 5.98. The van der Waals surface area contributed by atoms with Crippen molar-refractivity contribution >= 4 is 60.5 Å². The first-order valence-corrected chi connectivity index (χ1v) is 7.97. The molecule has 0 saturated carbocycles. The highest BCUT2D eigenvalue weighted by molar-refractivity contribution is 9.10. The monoisotopic (exact) mass is 383 g/mol. The molecule has 1 N–H and O–H groups in total. The molecule has 0 bridgehead atoms. The van der Waals surface area contributed by atoms with E-state index in [-0.39, 0.29) is 11.7 Å². The van der Waals surface area contributed by atoms with Gasteiger partial charge in [0.1, 0.15) is 5.82 Å². The van der Waals surface area contributed by atoms with Crippen molar-refractivity contribution < 1.29 is 9.18 Å². The lowest BCUT2D eigenvalue weighted by Gasteiger charge is -2.04. The van der Waals surface area contributed by atoms with Crippen LogP contribution in [0.15, 0.2) is 46.9 Å². The summed E-state index contributed by atoms with van der Waals surface area (Å²) in [7, 11) is 0. The number of amides is 1. The van der Waals surface area contributed by atoms with Gasteiger partial charge in [0.25, 0.3) is 5.91 Å². The molecule has 6 heteroatoms. The number of nitrogens with one attached hydrogen (secondary N) is 1. The molecule has 2 nitrogen and oxygen atoms in total. The second kappa shape index (κ2) is 5.75. The second-order valence-electron chi connectivity index (χ2n) is 4.38. The fourth-order valence-electron chi connectivity index (χ4n) is 1.88. The molecule has 2 aromatic carbocycles. The van der Waals surface area contributed by atoms with Gasteiger partial charge in [0.05, 0.1) is 9.90 Å². The summed E-state index contributed by atoms with van der Waals surface area (Å²) < 4.78 is 14.6. The quantitative estimate of drug-likeness (QED) is 0.602. The normalized spacial score (nSPS) is 10.8. The average Bonchev–Trinajstić information content (AvgIpc) is 2.86. The predicted molar refractivity (Wildman–Crippen MR) is 88.9 cm³/mol. The number of rotatable bonds is 2. The van der Waals surface area contributed by atoms with E-state index in [1.807, 2.05) is 0 Å². The van der Waals surface area contributed by atoms with Crippen LogP contribution in [-0.2, 0) is 0 Å². The minimum Gasteiger partial charge on any atom is -0.321 e. The molecule has 0 saturated heterocycles. The van der Waals surface area contributed by atoms with Crippen molar-refractivity contribution in [3.05, 3.63) is 62.7 Å². The van der Waals surface area contributed by atoms with E-state index < -0.39 is 0 Å². The highest BCUT2D eigenvalue weighted by Crippen LogP contribution is 2.29. The minimum absolute atomic E-state index is 0.231. The molecule has 0 aliphatic rings. The SMILES string of the molecule is O=C(Nc1ccc(Cl)c(Br)c1)c1cc2ccc(F)cc2s1. The van der Waals surface area contributed by atoms with Gasteiger partial charge in [-0.05, 0) is 57.7 Å². The third-order valence-corrected chi connectivity index (χ3v) is 5.19. The first kappa shape index (κ1) is 14.5. The number of thiophene rings is 1. The molecule has 1 amide bonds. The van der Waals surface area contributed by atoms with Crippen LogP contribution in [0.25, 0.3) is 10.1 Å². The molecule has 1 heterocycles. The fourth-order valence-corrected chi connectivity index (χ4v) is 3.36. The number of benzene rings is 2. The molecule has 0 radical (unpaired) electrons. The average molecular weight is 385 g/mol. The van der Waals surface area contributed by atoms with Gasteiger partial charge >= 0.3 is 0 Å². The zero-order valence-electron chi connectivity index (χ0n) is 10.5. The Kier molecular flexibility index (Phi) is 3.97. The summed E-state index contributed by atoms with van der Waals surface area (Å²) in [6.07, 6.45) is 0. The third-order valence-electron chi connectivity index (χ3n) is 2.88. The van der Waals surface area contributed by atoms with Gasteiger partial charge in [0.2, 0.25) is 0 Å². The maximum Gasteiger partial charge on any atom is 0.265 e. The summed E-state index contributed by atoms with van der Waals surface area (Å²) in [4.78, 5) is 12.8. The molecule has 0 atom stereocenters. The van der Waals surface area contributed by atoms with Gasteiger partial charge in [-0.1, -0.05) is 17.7 Å². The zero-order valence-corrected chi connectivity index (χ0v) is 13.7. The van der Waals surface area contributed by atoms with E-state index >= 15 is 0 Å². The maximum absolute atomic E-state index is 13.2. The number of hydrogen-bond donors (Lipinski definition) is 1. The van der Waals surface area contributed by atoms with E-state index in [0.29, 0.717) is 20.1 Å². The summed E-state index contributed by atoms with van der Waals surface area (Å²) in [5, 5.41) is 4.22. The Labute approximate surface area is 137 Å². The number of carbonyl (C=O) groups excluding carboxylic acids is 1. The van der Waals surface area contributed by atoms with Crippen LogP contribution in [0.3, 0.4) is 0 Å². The number of fused-ring (bicyclic) bond motifs is 1. The Bertz CT molecular complexity index is 849. The molecule has 21 heavy (non-hydrogen) atoms. The van der Waals surface area contributed by atoms with Crippen LogP contribution in [0.5, 0.6) is 0 Å². The standard InChI is InChI=1S/C15H8BrClFNOS/c16-11-7-10(3-4-12(11)17)19-15(20)14-5-8-1-2-9(18)6-13(8)21-14/h1-7H,(H,19,20). The number of hydrogen-bond acceptors (Lipinski definition) is 2. The van der Waals surface area contributed by atoms with E-state index in [0.717, 1.165) is 10.1 Å². The van der Waals surface area contributed by atoms with Gasteiger partial charge < -0.3 is 5.32 Å². The lowest BCUT2D eigenvalue weighted by molar-refractivity contribution is 0.103. The molecule has 3 rings (SSSR count). The van der Waals surface area contributed by atoms with Crippen molar-refractivity contribution in [3.8, 4) is 0 Å². The molecule has 1 aromatic heterocycles. The van der Waals surface area contributed by atoms with E-state index in [9.17, 15) is 9.18 Å². The Balaban J connectivity index is 1.87. The van der Waals surface area contributed by atoms with Gasteiger partial charge in [0.15, 0.2) is 0 Å². The van der Waals surface area contributed by atoms with Crippen LogP contribution in [0.1, 0.15) is 9.67 Å². The lowest BCUT2D eigenvalue weighted by Crippen LogP contribution is -2.09. The van der Waals surface area contributed by atoms with E-state index in [1.165, 1.54) is 23.5 Å². The van der Waals surface area contributed by atoms with Crippen molar-refractivity contribution in [2.24, 2.45) is 0 Å². The molecule has 0 aliphatic heterocycles. The summed E-state index contributed by atoms with van der Waals surface area (Å²) in [5.41, 5.74) is 0.639. The summed E-state index contributed by atoms with van der Waals surface area (Å²) >= 11 is 10.5. The molecular weight excluding hydrogens is 377 g/mol. The zero-order chi connectivity index (χ0) is 15.0. The van der Waals surface area contributed by atoms with Crippen LogP contribution in [-0.4, -0.2) is 5.91 Å². The Morgan fingerprint density at radius 1 is 1.19 bits per heavy atom. The molecule has 106 valence electrons. The maximum atomic E-state index is 13.2. The first-order chi connectivity index (χ1) is 10.0. The largest absolute Gasteiger partial charge is 0.321 e. The van der Waals surface area contributed by atoms with Crippen LogP contribution in [0.4, 0.5) is 10.1 Å². The van der Waals surface area contributed by atoms with Crippen LogP contribution in [0, 0.1) is 5.82 Å². The van der Waals surface area contributed by atoms with Gasteiger partial charge in [-0.15, -0.1) is 11.3 Å². The fraction of sp³-hybridized carbons (Fsp3) is 0. The van der Waals surface area contributed by atoms with Crippen molar-refractivity contribution in [2.75, 3.05) is 5.32 Å². The lowest BCUT2D eigenvalue weighted by atomic mass is 10.2. The summed E-state index contributed by atoms with van der Waals surface area (Å²) in [6.45, 7) is 0. The Hall–Kier alpha value is -1.43. The van der Waals surface area contributed by atoms with Crippen molar-refractivity contribution in [3.63, 3.8) is 0 Å². The van der Waals surface area contributed by atoms with Crippen LogP contribution in [0.2, 0.25) is 5.02 Å². The highest BCUT2D eigenvalue weighted by atomic mass is 79.9. The smallest absolute Gasteiger partial charge is 0.265 e. The molecule has 3 aromatic rings. The second-order valence-corrected chi connectivity index (χ2v) is 6.72. The molecule has 0 aliphatic carbocycles. The van der Waals surface area contributed by atoms with Crippen molar-refractivity contribution in [1.82, 2.24) is 0 Å². The van der Waals surface area contributed by atoms with Crippen molar-refractivity contribution in [2.45, 2.75) is 0 Å². The topological polar surface area (TPSA) is 29.1 Å². The van der Waals surface area contributed by atoms with Gasteiger partial charge in [0, 0.05) is 14.9 Å². The number of halogens is 3. The molecular formula is C15H8BrClFNOS. The van der Waals surface area contributed by atoms with Crippen LogP contribution < -0.4 is 5.32 Å². The summed E-state index contributed by atoms with van der Waals surface area (Å²) in [5.74, 6) is -0.538. The minimum atomic E-state index is -0.307. The third kappa shape index (κ3) is 3.10. The van der Waals surface area contributed by atoms with Gasteiger partial charge in [-0.2, -0.15) is 0 Å². The van der Waals surface area contributed by atoms with E-state index in [2.05, 4.69) is 21.2 Å². The highest BCUT2D eigenvalue weighted by Gasteiger charge is 2.11. The van der Waals surface area contributed by atoms with Gasteiger partial charge in [-0.3, -0.25) is 4.79 Å². The molecule has 0 unspecified atom stereocenters. The number of carbonyl (C=O) groups is 1. The predicted octanol–water partition coefficient (Wildman–Crippen LogP) is 5.71. The van der Waals surface area contributed by atoms with E-state index in [1.54, 1.807) is 30.3 Å². The molecule has 0 spiro atoms.